The Bertz CT molecular complexity index is 135. The summed E-state index contributed by atoms with van der Waals surface area (Å²) in [4.78, 5) is 9.28. The number of quaternary nitrogens is 1. The van der Waals surface area contributed by atoms with Crippen LogP contribution in [0.5, 0.6) is 0 Å². The van der Waals surface area contributed by atoms with Crippen LogP contribution in [0.2, 0.25) is 0 Å². The van der Waals surface area contributed by atoms with E-state index in [4.69, 9.17) is 9.57 Å². The van der Waals surface area contributed by atoms with Gasteiger partial charge in [0.05, 0.1) is 6.10 Å². The normalized spacial score (nSPS) is 12.0. The van der Waals surface area contributed by atoms with Crippen molar-refractivity contribution in [2.24, 2.45) is 5.90 Å². The van der Waals surface area contributed by atoms with Gasteiger partial charge in [-0.05, 0) is 40.5 Å². The summed E-state index contributed by atoms with van der Waals surface area (Å²) in [6.45, 7) is 9.83. The van der Waals surface area contributed by atoms with Gasteiger partial charge in [-0.1, -0.05) is 0 Å². The van der Waals surface area contributed by atoms with E-state index in [0.29, 0.717) is 14.1 Å². The standard InChI is InChI=1S/C4H8O.C3H12BNO.C3H9NO.B.ClH.Na.H/c1-2-4-5-3-1;1-3(2)6-5-4;1-3(2)5-4;;;;/h1-4H2;3H,5H2,1-2,4H3;3H,4H2,1-2H3;;1H;;/q;;;;;+1;-1. The summed E-state index contributed by atoms with van der Waals surface area (Å²) in [5.74, 6) is 4.67. The molecular weight excluding hydrogens is 276 g/mol. The van der Waals surface area contributed by atoms with E-state index < -0.39 is 0 Å². The van der Waals surface area contributed by atoms with Gasteiger partial charge in [-0.15, -0.1) is 12.4 Å². The SMILES string of the molecule is C1CCOC1.CC(C)ON.Cl.[BH3-][NH2+]OC(C)C.[B].[H-].[Na+]. The molecule has 113 valence electrons. The summed E-state index contributed by atoms with van der Waals surface area (Å²) in [6, 6.07) is 0. The zero-order chi connectivity index (χ0) is 12.8. The molecule has 0 saturated carbocycles. The predicted molar refractivity (Wildman–Crippen MR) is 82.7 cm³/mol. The molecule has 0 spiro atoms. The molecule has 9 heteroatoms. The fraction of sp³-hybridized carbons (Fsp3) is 1.00. The van der Waals surface area contributed by atoms with Gasteiger partial charge < -0.3 is 16.4 Å². The first-order chi connectivity index (χ1) is 7.54. The predicted octanol–water partition coefficient (Wildman–Crippen LogP) is -3.59. The van der Waals surface area contributed by atoms with Gasteiger partial charge in [0.2, 0.25) is 0 Å². The van der Waals surface area contributed by atoms with Crippen molar-refractivity contribution < 1.29 is 50.8 Å². The minimum Gasteiger partial charge on any atom is -1.00 e. The number of nitrogens with two attached hydrogens (primary N) is 2. The second-order valence-corrected chi connectivity index (χ2v) is 3.69. The van der Waals surface area contributed by atoms with Crippen LogP contribution in [0.3, 0.4) is 0 Å². The van der Waals surface area contributed by atoms with Gasteiger partial charge in [0.1, 0.15) is 6.10 Å². The summed E-state index contributed by atoms with van der Waals surface area (Å²) >= 11 is 0. The van der Waals surface area contributed by atoms with Gasteiger partial charge in [-0.2, -0.15) is 0 Å². The summed E-state index contributed by atoms with van der Waals surface area (Å²) in [5.41, 5.74) is 0. The number of hydrogen-bond donors (Lipinski definition) is 2. The van der Waals surface area contributed by atoms with Crippen LogP contribution in [0.15, 0.2) is 0 Å². The van der Waals surface area contributed by atoms with E-state index in [1.165, 1.54) is 12.8 Å². The quantitative estimate of drug-likeness (QED) is 0.418. The molecule has 1 aliphatic heterocycles. The topological polar surface area (TPSA) is 70.3 Å². The largest absolute Gasteiger partial charge is 1.00 e. The van der Waals surface area contributed by atoms with E-state index in [1.807, 2.05) is 33.1 Å². The Morgan fingerprint density at radius 3 is 1.58 bits per heavy atom. The van der Waals surface area contributed by atoms with E-state index >= 15 is 0 Å². The fourth-order valence-corrected chi connectivity index (χ4v) is 0.510. The zero-order valence-electron chi connectivity index (χ0n) is 13.3. The van der Waals surface area contributed by atoms with Crippen molar-refractivity contribution >= 4 is 28.8 Å². The molecule has 19 heavy (non-hydrogen) atoms. The van der Waals surface area contributed by atoms with E-state index in [1.54, 1.807) is 0 Å². The third kappa shape index (κ3) is 45.3. The zero-order valence-corrected chi connectivity index (χ0v) is 15.2. The summed E-state index contributed by atoms with van der Waals surface area (Å²) in [5, 5.41) is 1.95. The van der Waals surface area contributed by atoms with Crippen molar-refractivity contribution in [3.05, 3.63) is 0 Å². The maximum absolute atomic E-state index is 5.03. The second kappa shape index (κ2) is 27.5. The number of halogens is 1. The van der Waals surface area contributed by atoms with Crippen LogP contribution in [0.1, 0.15) is 42.0 Å². The van der Waals surface area contributed by atoms with Gasteiger partial charge >= 0.3 is 29.6 Å². The van der Waals surface area contributed by atoms with Crippen LogP contribution in [0.25, 0.3) is 0 Å². The molecule has 1 fully saturated rings. The third-order valence-corrected chi connectivity index (χ3v) is 1.37. The summed E-state index contributed by atoms with van der Waals surface area (Å²) in [6.07, 6.45) is 3.12. The van der Waals surface area contributed by atoms with Gasteiger partial charge in [0.25, 0.3) is 0 Å². The Kier molecular flexibility index (Phi) is 46.7. The van der Waals surface area contributed by atoms with Crippen LogP contribution in [0, 0.1) is 0 Å². The van der Waals surface area contributed by atoms with Gasteiger partial charge in [0, 0.05) is 21.6 Å². The molecule has 1 aliphatic rings. The van der Waals surface area contributed by atoms with Gasteiger partial charge in [-0.25, -0.2) is 5.90 Å². The fourth-order valence-electron chi connectivity index (χ4n) is 0.510. The van der Waals surface area contributed by atoms with E-state index in [0.717, 1.165) is 13.2 Å². The first kappa shape index (κ1) is 32.2. The summed E-state index contributed by atoms with van der Waals surface area (Å²) < 4.78 is 4.94. The molecule has 5 nitrogen and oxygen atoms in total. The van der Waals surface area contributed by atoms with Crippen molar-refractivity contribution in [1.29, 1.82) is 0 Å². The number of ether oxygens (including phenoxy) is 1. The third-order valence-electron chi connectivity index (χ3n) is 1.37. The average Bonchev–Trinajstić information content (AvgIpc) is 2.76. The minimum absolute atomic E-state index is 0. The summed E-state index contributed by atoms with van der Waals surface area (Å²) in [7, 11) is 0.371. The molecular formula is C10H31B2ClN2NaO3. The molecule has 0 atom stereocenters. The molecule has 3 radical (unpaired) electrons. The van der Waals surface area contributed by atoms with E-state index in [9.17, 15) is 0 Å². The molecule has 4 N–H and O–H groups in total. The van der Waals surface area contributed by atoms with E-state index in [-0.39, 0.29) is 57.9 Å². The van der Waals surface area contributed by atoms with Crippen molar-refractivity contribution in [3.63, 3.8) is 0 Å². The monoisotopic (exact) mass is 307 g/mol. The van der Waals surface area contributed by atoms with Crippen LogP contribution in [-0.4, -0.2) is 41.8 Å². The molecule has 0 bridgehead atoms. The van der Waals surface area contributed by atoms with Crippen LogP contribution >= 0.6 is 12.4 Å². The molecule has 0 amide bonds. The van der Waals surface area contributed by atoms with Crippen molar-refractivity contribution in [1.82, 2.24) is 0 Å². The first-order valence-electron chi connectivity index (χ1n) is 5.33. The van der Waals surface area contributed by atoms with Crippen molar-refractivity contribution in [3.8, 4) is 0 Å². The molecule has 1 rings (SSSR count). The Morgan fingerprint density at radius 2 is 1.53 bits per heavy atom. The Hall–Kier alpha value is 1.22. The van der Waals surface area contributed by atoms with Crippen molar-refractivity contribution in [2.75, 3.05) is 13.2 Å². The molecule has 1 heterocycles. The average molecular weight is 307 g/mol. The smallest absolute Gasteiger partial charge is 1.00 e. The van der Waals surface area contributed by atoms with Crippen molar-refractivity contribution in [2.45, 2.75) is 52.7 Å². The molecule has 0 aliphatic carbocycles. The maximum atomic E-state index is 5.03. The Balaban J connectivity index is -0.0000000335. The van der Waals surface area contributed by atoms with E-state index in [2.05, 4.69) is 10.7 Å². The second-order valence-electron chi connectivity index (χ2n) is 3.69. The van der Waals surface area contributed by atoms with Gasteiger partial charge in [-0.3, -0.25) is 4.84 Å². The van der Waals surface area contributed by atoms with Crippen LogP contribution in [-0.2, 0) is 14.4 Å². The molecule has 0 aromatic rings. The number of rotatable bonds is 3. The Morgan fingerprint density at radius 1 is 1.16 bits per heavy atom. The molecule has 0 unspecified atom stereocenters. The van der Waals surface area contributed by atoms with Gasteiger partial charge in [0.15, 0.2) is 7.98 Å². The molecule has 1 saturated heterocycles. The van der Waals surface area contributed by atoms with Crippen LogP contribution in [0.4, 0.5) is 0 Å². The number of hydrogen-bond acceptors (Lipinski definition) is 4. The molecule has 0 aromatic heterocycles. The first-order valence-corrected chi connectivity index (χ1v) is 5.33. The molecule has 0 aromatic carbocycles. The van der Waals surface area contributed by atoms with Crippen LogP contribution < -0.4 is 40.8 Å². The Labute approximate surface area is 151 Å². The maximum Gasteiger partial charge on any atom is 1.00 e. The minimum atomic E-state index is 0.